The summed E-state index contributed by atoms with van der Waals surface area (Å²) >= 11 is 0. The summed E-state index contributed by atoms with van der Waals surface area (Å²) in [6.45, 7) is 5.65. The fourth-order valence-electron chi connectivity index (χ4n) is 4.50. The second kappa shape index (κ2) is 10.3. The highest BCUT2D eigenvalue weighted by atomic mass is 16.5. The van der Waals surface area contributed by atoms with Crippen LogP contribution in [0.1, 0.15) is 22.7 Å². The number of likely N-dealkylation sites (tertiary alicyclic amines) is 1. The number of aliphatic hydroxyl groups excluding tert-OH is 1. The molecule has 1 amide bonds. The smallest absolute Gasteiger partial charge is 0.295 e. The van der Waals surface area contributed by atoms with Crippen molar-refractivity contribution < 1.29 is 28.9 Å². The number of ether oxygens (including phenoxy) is 3. The van der Waals surface area contributed by atoms with E-state index >= 15 is 0 Å². The number of methoxy groups -OCH3 is 2. The molecule has 1 N–H and O–H groups in total. The molecule has 0 aliphatic carbocycles. The molecule has 8 nitrogen and oxygen atoms in total. The number of aliphatic hydroxyl groups is 1. The van der Waals surface area contributed by atoms with Crippen molar-refractivity contribution >= 4 is 17.4 Å². The van der Waals surface area contributed by atoms with Crippen LogP contribution < -0.4 is 9.47 Å². The first kappa shape index (κ1) is 23.8. The third-order valence-electron chi connectivity index (χ3n) is 6.35. The summed E-state index contributed by atoms with van der Waals surface area (Å²) in [6, 6.07) is 11.7. The van der Waals surface area contributed by atoms with Crippen LogP contribution >= 0.6 is 0 Å². The minimum atomic E-state index is -0.813. The highest BCUT2D eigenvalue weighted by Crippen LogP contribution is 2.45. The Morgan fingerprint density at radius 3 is 2.38 bits per heavy atom. The Morgan fingerprint density at radius 2 is 1.74 bits per heavy atom. The fraction of sp³-hybridized carbons (Fsp3) is 0.385. The molecule has 0 spiro atoms. The van der Waals surface area contributed by atoms with Gasteiger partial charge in [-0.2, -0.15) is 0 Å². The van der Waals surface area contributed by atoms with E-state index in [0.29, 0.717) is 48.9 Å². The maximum absolute atomic E-state index is 13.3. The van der Waals surface area contributed by atoms with E-state index in [2.05, 4.69) is 4.90 Å². The Balaban J connectivity index is 1.81. The number of benzene rings is 2. The zero-order valence-corrected chi connectivity index (χ0v) is 19.7. The number of rotatable bonds is 7. The van der Waals surface area contributed by atoms with Crippen molar-refractivity contribution in [3.05, 3.63) is 64.7 Å². The van der Waals surface area contributed by atoms with Gasteiger partial charge in [-0.1, -0.05) is 42.0 Å². The number of hydrogen-bond acceptors (Lipinski definition) is 7. The molecule has 180 valence electrons. The van der Waals surface area contributed by atoms with Gasteiger partial charge >= 0.3 is 0 Å². The Hall–Kier alpha value is -3.36. The number of hydrogen-bond donors (Lipinski definition) is 1. The van der Waals surface area contributed by atoms with E-state index in [1.54, 1.807) is 30.3 Å². The van der Waals surface area contributed by atoms with Crippen LogP contribution in [-0.2, 0) is 14.3 Å². The number of aryl methyl sites for hydroxylation is 1. The standard InChI is InChI=1S/C26H30N2O6/c1-17-7-9-18(10-8-17)23(29)21-22(19-5-4-6-20(32-2)25(19)33-3)28(26(31)24(21)30)12-11-27-13-15-34-16-14-27/h4-10,22,29H,11-16H2,1-3H3/b23-21+/t22-/m0/s1. The molecule has 8 heteroatoms. The number of carbonyl (C=O) groups excluding carboxylic acids is 2. The van der Waals surface area contributed by atoms with Gasteiger partial charge in [-0.15, -0.1) is 0 Å². The van der Waals surface area contributed by atoms with Crippen LogP contribution in [0.3, 0.4) is 0 Å². The van der Waals surface area contributed by atoms with Gasteiger partial charge in [-0.05, 0) is 13.0 Å². The van der Waals surface area contributed by atoms with Gasteiger partial charge in [0.1, 0.15) is 5.76 Å². The lowest BCUT2D eigenvalue weighted by Gasteiger charge is -2.31. The Kier molecular flexibility index (Phi) is 7.19. The van der Waals surface area contributed by atoms with Crippen molar-refractivity contribution in [1.29, 1.82) is 0 Å². The van der Waals surface area contributed by atoms with Crippen LogP contribution in [0.4, 0.5) is 0 Å². The highest BCUT2D eigenvalue weighted by molar-refractivity contribution is 6.46. The van der Waals surface area contributed by atoms with E-state index in [-0.39, 0.29) is 11.3 Å². The predicted octanol–water partition coefficient (Wildman–Crippen LogP) is 2.77. The average Bonchev–Trinajstić information content (AvgIpc) is 3.12. The number of Topliss-reactive ketones (excluding diaryl/α,β-unsaturated/α-hetero) is 1. The first-order valence-electron chi connectivity index (χ1n) is 11.3. The summed E-state index contributed by atoms with van der Waals surface area (Å²) in [5.41, 5.74) is 2.12. The van der Waals surface area contributed by atoms with Gasteiger partial charge in [-0.25, -0.2) is 0 Å². The molecule has 2 saturated heterocycles. The molecule has 0 radical (unpaired) electrons. The van der Waals surface area contributed by atoms with Gasteiger partial charge in [0.2, 0.25) is 0 Å². The molecular formula is C26H30N2O6. The molecule has 2 fully saturated rings. The summed E-state index contributed by atoms with van der Waals surface area (Å²) in [4.78, 5) is 30.2. The summed E-state index contributed by atoms with van der Waals surface area (Å²) in [7, 11) is 3.05. The summed E-state index contributed by atoms with van der Waals surface area (Å²) in [5, 5.41) is 11.2. The maximum atomic E-state index is 13.3. The van der Waals surface area contributed by atoms with Crippen LogP contribution in [-0.4, -0.2) is 80.2 Å². The summed E-state index contributed by atoms with van der Waals surface area (Å²) in [6.07, 6.45) is 0. The second-order valence-electron chi connectivity index (χ2n) is 8.40. The molecular weight excluding hydrogens is 436 g/mol. The van der Waals surface area contributed by atoms with Crippen molar-refractivity contribution in [3.63, 3.8) is 0 Å². The van der Waals surface area contributed by atoms with Crippen molar-refractivity contribution in [2.45, 2.75) is 13.0 Å². The third-order valence-corrected chi connectivity index (χ3v) is 6.35. The molecule has 2 aromatic rings. The fourth-order valence-corrected chi connectivity index (χ4v) is 4.50. The molecule has 2 aliphatic rings. The number of amides is 1. The first-order valence-corrected chi connectivity index (χ1v) is 11.3. The number of carbonyl (C=O) groups is 2. The van der Waals surface area contributed by atoms with Gasteiger partial charge < -0.3 is 24.2 Å². The Labute approximate surface area is 199 Å². The van der Waals surface area contributed by atoms with E-state index in [9.17, 15) is 14.7 Å². The van der Waals surface area contributed by atoms with E-state index in [1.807, 2.05) is 19.1 Å². The van der Waals surface area contributed by atoms with E-state index in [0.717, 1.165) is 18.7 Å². The maximum Gasteiger partial charge on any atom is 0.295 e. The van der Waals surface area contributed by atoms with E-state index in [4.69, 9.17) is 14.2 Å². The first-order chi connectivity index (χ1) is 16.5. The predicted molar refractivity (Wildman–Crippen MR) is 127 cm³/mol. The lowest BCUT2D eigenvalue weighted by Crippen LogP contribution is -2.42. The Morgan fingerprint density at radius 1 is 1.03 bits per heavy atom. The molecule has 34 heavy (non-hydrogen) atoms. The quantitative estimate of drug-likeness (QED) is 0.381. The Bertz CT molecular complexity index is 1090. The molecule has 2 aromatic carbocycles. The molecule has 0 bridgehead atoms. The normalized spacial score (nSPS) is 20.6. The SMILES string of the molecule is COc1cccc([C@H]2/C(=C(\O)c3ccc(C)cc3)C(=O)C(=O)N2CCN2CCOCC2)c1OC. The van der Waals surface area contributed by atoms with Crippen LogP contribution in [0.2, 0.25) is 0 Å². The minimum absolute atomic E-state index is 0.0439. The van der Waals surface area contributed by atoms with Crippen LogP contribution in [0.25, 0.3) is 5.76 Å². The van der Waals surface area contributed by atoms with Crippen molar-refractivity contribution in [3.8, 4) is 11.5 Å². The third kappa shape index (κ3) is 4.51. The molecule has 2 aliphatic heterocycles. The summed E-state index contributed by atoms with van der Waals surface area (Å²) < 4.78 is 16.5. The molecule has 0 aromatic heterocycles. The van der Waals surface area contributed by atoms with Crippen molar-refractivity contribution in [2.24, 2.45) is 0 Å². The largest absolute Gasteiger partial charge is 0.507 e. The lowest BCUT2D eigenvalue weighted by molar-refractivity contribution is -0.140. The second-order valence-corrected chi connectivity index (χ2v) is 8.40. The monoisotopic (exact) mass is 466 g/mol. The van der Waals surface area contributed by atoms with E-state index < -0.39 is 17.7 Å². The van der Waals surface area contributed by atoms with Crippen molar-refractivity contribution in [2.75, 3.05) is 53.6 Å². The van der Waals surface area contributed by atoms with Gasteiger partial charge in [0.15, 0.2) is 11.5 Å². The van der Waals surface area contributed by atoms with Gasteiger partial charge in [0.25, 0.3) is 11.7 Å². The molecule has 2 heterocycles. The number of para-hydroxylation sites is 1. The number of ketones is 1. The van der Waals surface area contributed by atoms with Gasteiger partial charge in [0, 0.05) is 37.3 Å². The average molecular weight is 467 g/mol. The number of morpholine rings is 1. The summed E-state index contributed by atoms with van der Waals surface area (Å²) in [5.74, 6) is -0.661. The topological polar surface area (TPSA) is 88.5 Å². The molecule has 1 atom stereocenters. The molecule has 0 unspecified atom stereocenters. The van der Waals surface area contributed by atoms with Crippen molar-refractivity contribution in [1.82, 2.24) is 9.80 Å². The van der Waals surface area contributed by atoms with Crippen LogP contribution in [0.15, 0.2) is 48.0 Å². The minimum Gasteiger partial charge on any atom is -0.507 e. The van der Waals surface area contributed by atoms with Crippen LogP contribution in [0.5, 0.6) is 11.5 Å². The van der Waals surface area contributed by atoms with Gasteiger partial charge in [0.05, 0.1) is 39.0 Å². The zero-order chi connectivity index (χ0) is 24.2. The van der Waals surface area contributed by atoms with Crippen LogP contribution in [0, 0.1) is 6.92 Å². The zero-order valence-electron chi connectivity index (χ0n) is 19.7. The van der Waals surface area contributed by atoms with E-state index in [1.165, 1.54) is 19.1 Å². The molecule has 0 saturated carbocycles. The highest BCUT2D eigenvalue weighted by Gasteiger charge is 2.47. The number of nitrogens with zero attached hydrogens (tertiary/aromatic N) is 2. The molecule has 4 rings (SSSR count). The lowest BCUT2D eigenvalue weighted by atomic mass is 9.94. The van der Waals surface area contributed by atoms with Gasteiger partial charge in [-0.3, -0.25) is 14.5 Å².